The van der Waals surface area contributed by atoms with Crippen molar-refractivity contribution in [3.63, 3.8) is 0 Å². The Morgan fingerprint density at radius 2 is 2.09 bits per heavy atom. The van der Waals surface area contributed by atoms with Crippen LogP contribution in [0.4, 0.5) is 17.1 Å². The molecule has 3 aromatic rings. The number of anilines is 3. The van der Waals surface area contributed by atoms with Crippen molar-refractivity contribution in [3.8, 4) is 0 Å². The van der Waals surface area contributed by atoms with Gasteiger partial charge in [0.05, 0.1) is 23.5 Å². The van der Waals surface area contributed by atoms with Crippen LogP contribution in [0.2, 0.25) is 0 Å². The third-order valence-corrected chi connectivity index (χ3v) is 6.26. The Morgan fingerprint density at radius 1 is 1.28 bits per heavy atom. The number of aromatic nitrogens is 3. The highest BCUT2D eigenvalue weighted by Crippen LogP contribution is 2.36. The molecule has 0 spiro atoms. The molecular formula is C24H31N5O3. The van der Waals surface area contributed by atoms with E-state index in [1.54, 1.807) is 6.33 Å². The molecule has 2 aromatic heterocycles. The third-order valence-electron chi connectivity index (χ3n) is 6.26. The van der Waals surface area contributed by atoms with Gasteiger partial charge < -0.3 is 20.1 Å². The van der Waals surface area contributed by atoms with E-state index >= 15 is 0 Å². The summed E-state index contributed by atoms with van der Waals surface area (Å²) in [7, 11) is 0. The van der Waals surface area contributed by atoms with Crippen molar-refractivity contribution in [2.45, 2.75) is 51.5 Å². The summed E-state index contributed by atoms with van der Waals surface area (Å²) in [5.74, 6) is -0.800. The molecule has 0 amide bonds. The maximum Gasteiger partial charge on any atom is 0.303 e. The van der Waals surface area contributed by atoms with E-state index in [4.69, 9.17) is 4.74 Å². The number of carboxylic acid groups (broad SMARTS) is 1. The number of rotatable bonds is 9. The predicted octanol–water partition coefficient (Wildman–Crippen LogP) is 4.45. The Labute approximate surface area is 188 Å². The molecule has 3 heterocycles. The zero-order valence-corrected chi connectivity index (χ0v) is 18.7. The number of aliphatic carboxylic acids is 1. The van der Waals surface area contributed by atoms with Gasteiger partial charge in [0.25, 0.3) is 0 Å². The normalized spacial score (nSPS) is 15.6. The number of hydrogen-bond acceptors (Lipinski definition) is 6. The summed E-state index contributed by atoms with van der Waals surface area (Å²) >= 11 is 0. The molecule has 0 unspecified atom stereocenters. The first-order valence-electron chi connectivity index (χ1n) is 11.4. The summed E-state index contributed by atoms with van der Waals surface area (Å²) in [6.45, 7) is 6.66. The topological polar surface area (TPSA) is 92.0 Å². The Kier molecular flexibility index (Phi) is 6.90. The van der Waals surface area contributed by atoms with Crippen molar-refractivity contribution in [1.82, 2.24) is 14.6 Å². The van der Waals surface area contributed by atoms with Gasteiger partial charge in [0, 0.05) is 32.0 Å². The van der Waals surface area contributed by atoms with E-state index < -0.39 is 5.97 Å². The fourth-order valence-corrected chi connectivity index (χ4v) is 4.55. The number of nitrogens with zero attached hydrogens (tertiary/aromatic N) is 4. The fraction of sp³-hybridized carbons (Fsp3) is 0.458. The number of fused-ring (bicyclic) bond motifs is 1. The Hall–Kier alpha value is -3.13. The molecule has 2 N–H and O–H groups in total. The minimum atomic E-state index is -0.772. The second kappa shape index (κ2) is 9.99. The highest BCUT2D eigenvalue weighted by Gasteiger charge is 2.24. The molecule has 1 aliphatic heterocycles. The molecule has 0 bridgehead atoms. The number of hydrogen-bond donors (Lipinski definition) is 2. The van der Waals surface area contributed by atoms with Gasteiger partial charge in [0.1, 0.15) is 6.33 Å². The van der Waals surface area contributed by atoms with Crippen molar-refractivity contribution in [2.24, 2.45) is 0 Å². The summed E-state index contributed by atoms with van der Waals surface area (Å²) in [6.07, 6.45) is 6.54. The van der Waals surface area contributed by atoms with Gasteiger partial charge in [-0.2, -0.15) is 0 Å². The first-order valence-corrected chi connectivity index (χ1v) is 11.4. The van der Waals surface area contributed by atoms with Crippen LogP contribution in [-0.4, -0.2) is 51.5 Å². The lowest BCUT2D eigenvalue weighted by molar-refractivity contribution is -0.137. The van der Waals surface area contributed by atoms with Gasteiger partial charge in [-0.25, -0.2) is 0 Å². The van der Waals surface area contributed by atoms with Gasteiger partial charge in [-0.3, -0.25) is 9.20 Å². The molecule has 170 valence electrons. The largest absolute Gasteiger partial charge is 0.481 e. The Balaban J connectivity index is 1.72. The Bertz CT molecular complexity index is 1060. The number of benzene rings is 1. The van der Waals surface area contributed by atoms with Gasteiger partial charge in [0.2, 0.25) is 0 Å². The highest BCUT2D eigenvalue weighted by molar-refractivity contribution is 5.77. The molecule has 0 radical (unpaired) electrons. The minimum Gasteiger partial charge on any atom is -0.481 e. The van der Waals surface area contributed by atoms with Gasteiger partial charge >= 0.3 is 5.97 Å². The van der Waals surface area contributed by atoms with E-state index in [-0.39, 0.29) is 12.3 Å². The molecule has 32 heavy (non-hydrogen) atoms. The van der Waals surface area contributed by atoms with Crippen LogP contribution in [0.15, 0.2) is 42.9 Å². The minimum absolute atomic E-state index is 0.0272. The van der Waals surface area contributed by atoms with Crippen LogP contribution in [0.3, 0.4) is 0 Å². The number of carbonyl (C=O) groups is 1. The molecule has 0 aliphatic carbocycles. The average Bonchev–Trinajstić information content (AvgIpc) is 3.27. The lowest BCUT2D eigenvalue weighted by Crippen LogP contribution is -2.39. The van der Waals surface area contributed by atoms with Crippen LogP contribution in [0.5, 0.6) is 0 Å². The van der Waals surface area contributed by atoms with Crippen molar-refractivity contribution in [3.05, 3.63) is 48.4 Å². The molecule has 1 aliphatic rings. The second-order valence-corrected chi connectivity index (χ2v) is 8.25. The summed E-state index contributed by atoms with van der Waals surface area (Å²) in [4.78, 5) is 13.8. The zero-order valence-electron chi connectivity index (χ0n) is 18.7. The van der Waals surface area contributed by atoms with Crippen molar-refractivity contribution in [1.29, 1.82) is 0 Å². The monoisotopic (exact) mass is 437 g/mol. The number of carboxylic acids is 1. The first-order chi connectivity index (χ1) is 15.6. The summed E-state index contributed by atoms with van der Waals surface area (Å²) < 4.78 is 7.46. The lowest BCUT2D eigenvalue weighted by Gasteiger charge is -2.37. The first kappa shape index (κ1) is 22.1. The second-order valence-electron chi connectivity index (χ2n) is 8.25. The molecular weight excluding hydrogens is 406 g/mol. The van der Waals surface area contributed by atoms with Gasteiger partial charge in [0.15, 0.2) is 5.65 Å². The fourth-order valence-electron chi connectivity index (χ4n) is 4.55. The van der Waals surface area contributed by atoms with Crippen LogP contribution >= 0.6 is 0 Å². The van der Waals surface area contributed by atoms with Crippen LogP contribution in [0.25, 0.3) is 5.65 Å². The Morgan fingerprint density at radius 3 is 2.81 bits per heavy atom. The van der Waals surface area contributed by atoms with E-state index in [0.29, 0.717) is 6.04 Å². The molecule has 1 fully saturated rings. The van der Waals surface area contributed by atoms with Gasteiger partial charge in [-0.15, -0.1) is 10.2 Å². The number of pyridine rings is 1. The van der Waals surface area contributed by atoms with Gasteiger partial charge in [-0.05, 0) is 61.9 Å². The highest BCUT2D eigenvalue weighted by atomic mass is 16.5. The molecule has 8 nitrogen and oxygen atoms in total. The molecule has 8 heteroatoms. The molecule has 1 saturated heterocycles. The van der Waals surface area contributed by atoms with E-state index in [1.807, 2.05) is 29.7 Å². The van der Waals surface area contributed by atoms with E-state index in [0.717, 1.165) is 67.3 Å². The maximum atomic E-state index is 11.4. The molecule has 4 rings (SSSR count). The standard InChI is InChI=1S/C24H31N5O3/c1-3-17(14-24(30)31)18-5-7-22(29(4-2)20-9-11-32-12-10-20)21(13-18)26-19-6-8-23-27-25-16-28(23)15-19/h5-8,13,15-17,20,26H,3-4,9-12,14H2,1-2H3,(H,30,31)/t17-/m1/s1. The van der Waals surface area contributed by atoms with E-state index in [9.17, 15) is 9.90 Å². The van der Waals surface area contributed by atoms with Crippen molar-refractivity contribution in [2.75, 3.05) is 30.0 Å². The number of ether oxygens (including phenoxy) is 1. The maximum absolute atomic E-state index is 11.4. The molecule has 0 saturated carbocycles. The summed E-state index contributed by atoms with van der Waals surface area (Å²) in [5, 5.41) is 21.0. The van der Waals surface area contributed by atoms with Crippen LogP contribution in [-0.2, 0) is 9.53 Å². The molecule has 1 atom stereocenters. The summed E-state index contributed by atoms with van der Waals surface area (Å²) in [6, 6.07) is 10.7. The van der Waals surface area contributed by atoms with E-state index in [1.165, 1.54) is 0 Å². The van der Waals surface area contributed by atoms with Crippen LogP contribution in [0.1, 0.15) is 51.0 Å². The summed E-state index contributed by atoms with van der Waals surface area (Å²) in [5.41, 5.74) is 4.85. The zero-order chi connectivity index (χ0) is 22.5. The smallest absolute Gasteiger partial charge is 0.303 e. The lowest BCUT2D eigenvalue weighted by atomic mass is 9.92. The average molecular weight is 438 g/mol. The van der Waals surface area contributed by atoms with Crippen LogP contribution < -0.4 is 10.2 Å². The quantitative estimate of drug-likeness (QED) is 0.511. The van der Waals surface area contributed by atoms with E-state index in [2.05, 4.69) is 45.5 Å². The van der Waals surface area contributed by atoms with Crippen molar-refractivity contribution < 1.29 is 14.6 Å². The predicted molar refractivity (Wildman–Crippen MR) is 125 cm³/mol. The van der Waals surface area contributed by atoms with Crippen LogP contribution in [0, 0.1) is 0 Å². The van der Waals surface area contributed by atoms with Crippen molar-refractivity contribution >= 4 is 28.7 Å². The van der Waals surface area contributed by atoms with Gasteiger partial charge in [-0.1, -0.05) is 13.0 Å². The third kappa shape index (κ3) is 4.85. The molecule has 1 aromatic carbocycles. The number of nitrogens with one attached hydrogen (secondary N) is 1. The SMILES string of the molecule is CC[C@H](CC(=O)O)c1ccc(N(CC)C2CCOCC2)c(Nc2ccc3nncn3c2)c1.